The Morgan fingerprint density at radius 3 is 2.38 bits per heavy atom. The van der Waals surface area contributed by atoms with Crippen LogP contribution in [0.2, 0.25) is 0 Å². The highest BCUT2D eigenvalue weighted by molar-refractivity contribution is 7.99. The van der Waals surface area contributed by atoms with Gasteiger partial charge in [0.2, 0.25) is 5.91 Å². The molecule has 0 saturated heterocycles. The van der Waals surface area contributed by atoms with Gasteiger partial charge in [-0.05, 0) is 43.3 Å². The zero-order chi connectivity index (χ0) is 22.9. The second kappa shape index (κ2) is 11.3. The van der Waals surface area contributed by atoms with Crippen molar-refractivity contribution in [3.63, 3.8) is 0 Å². The fraction of sp³-hybridized carbons (Fsp3) is 0.318. The van der Waals surface area contributed by atoms with Crippen molar-refractivity contribution in [1.29, 1.82) is 0 Å². The van der Waals surface area contributed by atoms with Gasteiger partial charge in [-0.1, -0.05) is 11.8 Å². The van der Waals surface area contributed by atoms with Crippen LogP contribution in [0.3, 0.4) is 0 Å². The third kappa shape index (κ3) is 5.85. The smallest absolute Gasteiger partial charge is 0.234 e. The highest BCUT2D eigenvalue weighted by Crippen LogP contribution is 2.29. The van der Waals surface area contributed by atoms with Crippen LogP contribution in [0, 0.1) is 0 Å². The molecule has 10 heteroatoms. The molecule has 0 aliphatic heterocycles. The first-order chi connectivity index (χ1) is 15.6. The van der Waals surface area contributed by atoms with E-state index in [1.165, 1.54) is 11.8 Å². The van der Waals surface area contributed by atoms with Crippen LogP contribution in [0.25, 0.3) is 0 Å². The average Bonchev–Trinajstić information content (AvgIpc) is 3.23. The highest BCUT2D eigenvalue weighted by atomic mass is 32.2. The molecular formula is C22H27N5O4S. The van der Waals surface area contributed by atoms with Gasteiger partial charge in [-0.2, -0.15) is 0 Å². The maximum absolute atomic E-state index is 12.5. The van der Waals surface area contributed by atoms with E-state index >= 15 is 0 Å². The lowest BCUT2D eigenvalue weighted by atomic mass is 10.2. The number of aromatic nitrogens is 3. The van der Waals surface area contributed by atoms with Crippen LogP contribution in [-0.4, -0.2) is 47.8 Å². The lowest BCUT2D eigenvalue weighted by Crippen LogP contribution is -2.15. The number of hydrogen-bond acceptors (Lipinski definition) is 8. The Balaban J connectivity index is 1.58. The molecular weight excluding hydrogens is 430 g/mol. The van der Waals surface area contributed by atoms with Gasteiger partial charge in [-0.15, -0.1) is 10.2 Å². The van der Waals surface area contributed by atoms with Gasteiger partial charge >= 0.3 is 0 Å². The van der Waals surface area contributed by atoms with Crippen LogP contribution in [-0.2, 0) is 17.9 Å². The Morgan fingerprint density at radius 2 is 1.72 bits per heavy atom. The third-order valence-electron chi connectivity index (χ3n) is 4.67. The van der Waals surface area contributed by atoms with Gasteiger partial charge in [0, 0.05) is 18.3 Å². The summed E-state index contributed by atoms with van der Waals surface area (Å²) in [4.78, 5) is 12.5. The van der Waals surface area contributed by atoms with Crippen molar-refractivity contribution in [2.45, 2.75) is 25.2 Å². The number of amides is 1. The van der Waals surface area contributed by atoms with Crippen molar-refractivity contribution in [3.05, 3.63) is 48.3 Å². The molecule has 0 saturated carbocycles. The molecule has 0 aliphatic rings. The molecule has 0 radical (unpaired) electrons. The van der Waals surface area contributed by atoms with Crippen LogP contribution in [0.4, 0.5) is 11.4 Å². The summed E-state index contributed by atoms with van der Waals surface area (Å²) in [6.45, 7) is 3.23. The Bertz CT molecular complexity index is 1040. The number of rotatable bonds is 11. The van der Waals surface area contributed by atoms with E-state index in [-0.39, 0.29) is 11.7 Å². The van der Waals surface area contributed by atoms with E-state index < -0.39 is 0 Å². The number of methoxy groups -OCH3 is 3. The van der Waals surface area contributed by atoms with Gasteiger partial charge in [-0.25, -0.2) is 0 Å². The van der Waals surface area contributed by atoms with Gasteiger partial charge in [-0.3, -0.25) is 4.79 Å². The summed E-state index contributed by atoms with van der Waals surface area (Å²) in [5.41, 5.74) is 1.54. The first kappa shape index (κ1) is 23.3. The number of thioether (sulfide) groups is 1. The summed E-state index contributed by atoms with van der Waals surface area (Å²) in [5.74, 6) is 2.81. The molecule has 0 spiro atoms. The Kier molecular flexibility index (Phi) is 8.20. The molecule has 0 unspecified atom stereocenters. The lowest BCUT2D eigenvalue weighted by molar-refractivity contribution is -0.113. The first-order valence-electron chi connectivity index (χ1n) is 10.0. The normalized spacial score (nSPS) is 10.5. The van der Waals surface area contributed by atoms with E-state index in [1.807, 2.05) is 35.8 Å². The SMILES string of the molecule is CCn1c(CNc2ccc(OC)cc2)nnc1SCC(=O)Nc1ccc(OC)cc1OC. The molecule has 0 bridgehead atoms. The fourth-order valence-corrected chi connectivity index (χ4v) is 3.80. The predicted molar refractivity (Wildman–Crippen MR) is 125 cm³/mol. The van der Waals surface area contributed by atoms with E-state index in [4.69, 9.17) is 14.2 Å². The standard InChI is InChI=1S/C22H27N5O4S/c1-5-27-20(13-23-15-6-8-16(29-2)9-7-15)25-26-22(27)32-14-21(28)24-18-11-10-17(30-3)12-19(18)31-4/h6-12,23H,5,13-14H2,1-4H3,(H,24,28). The van der Waals surface area contributed by atoms with Gasteiger partial charge < -0.3 is 29.4 Å². The van der Waals surface area contributed by atoms with Crippen molar-refractivity contribution >= 4 is 29.0 Å². The molecule has 2 aromatic carbocycles. The average molecular weight is 458 g/mol. The van der Waals surface area contributed by atoms with Gasteiger partial charge in [0.25, 0.3) is 0 Å². The summed E-state index contributed by atoms with van der Waals surface area (Å²) in [6.07, 6.45) is 0. The molecule has 1 aromatic heterocycles. The Hall–Kier alpha value is -3.40. The summed E-state index contributed by atoms with van der Waals surface area (Å²) >= 11 is 1.34. The van der Waals surface area contributed by atoms with Gasteiger partial charge in [0.05, 0.1) is 39.3 Å². The molecule has 9 nitrogen and oxygen atoms in total. The number of benzene rings is 2. The number of carbonyl (C=O) groups excluding carboxylic acids is 1. The van der Waals surface area contributed by atoms with Gasteiger partial charge in [0.1, 0.15) is 17.2 Å². The molecule has 32 heavy (non-hydrogen) atoms. The van der Waals surface area contributed by atoms with E-state index in [9.17, 15) is 4.79 Å². The molecule has 0 fully saturated rings. The van der Waals surface area contributed by atoms with Crippen molar-refractivity contribution < 1.29 is 19.0 Å². The van der Waals surface area contributed by atoms with Crippen molar-refractivity contribution in [2.24, 2.45) is 0 Å². The van der Waals surface area contributed by atoms with Crippen LogP contribution in [0.15, 0.2) is 47.6 Å². The van der Waals surface area contributed by atoms with E-state index in [2.05, 4.69) is 20.8 Å². The molecule has 3 aromatic rings. The molecule has 3 rings (SSSR count). The third-order valence-corrected chi connectivity index (χ3v) is 5.63. The zero-order valence-electron chi connectivity index (χ0n) is 18.5. The van der Waals surface area contributed by atoms with E-state index in [0.29, 0.717) is 35.4 Å². The summed E-state index contributed by atoms with van der Waals surface area (Å²) < 4.78 is 17.7. The minimum atomic E-state index is -0.165. The largest absolute Gasteiger partial charge is 0.497 e. The number of anilines is 2. The Labute approximate surface area is 191 Å². The second-order valence-electron chi connectivity index (χ2n) is 6.63. The van der Waals surface area contributed by atoms with Crippen molar-refractivity contribution in [2.75, 3.05) is 37.7 Å². The van der Waals surface area contributed by atoms with Crippen molar-refractivity contribution in [3.8, 4) is 17.2 Å². The molecule has 2 N–H and O–H groups in total. The van der Waals surface area contributed by atoms with Crippen LogP contribution < -0.4 is 24.8 Å². The fourth-order valence-electron chi connectivity index (χ4n) is 2.98. The molecule has 0 atom stereocenters. The number of ether oxygens (including phenoxy) is 3. The molecule has 1 amide bonds. The van der Waals surface area contributed by atoms with Crippen LogP contribution in [0.1, 0.15) is 12.7 Å². The summed E-state index contributed by atoms with van der Waals surface area (Å²) in [6, 6.07) is 12.9. The topological polar surface area (TPSA) is 99.5 Å². The van der Waals surface area contributed by atoms with E-state index in [0.717, 1.165) is 17.3 Å². The number of carbonyl (C=O) groups is 1. The number of nitrogens with one attached hydrogen (secondary N) is 2. The van der Waals surface area contributed by atoms with Gasteiger partial charge in [0.15, 0.2) is 11.0 Å². The highest BCUT2D eigenvalue weighted by Gasteiger charge is 2.14. The Morgan fingerprint density at radius 1 is 1.00 bits per heavy atom. The first-order valence-corrected chi connectivity index (χ1v) is 11.0. The quantitative estimate of drug-likeness (QED) is 0.421. The second-order valence-corrected chi connectivity index (χ2v) is 7.57. The van der Waals surface area contributed by atoms with E-state index in [1.54, 1.807) is 39.5 Å². The number of hydrogen-bond donors (Lipinski definition) is 2. The monoisotopic (exact) mass is 457 g/mol. The predicted octanol–water partition coefficient (Wildman–Crippen LogP) is 3.67. The maximum Gasteiger partial charge on any atom is 0.234 e. The minimum absolute atomic E-state index is 0.165. The molecule has 170 valence electrons. The molecule has 0 aliphatic carbocycles. The summed E-state index contributed by atoms with van der Waals surface area (Å²) in [7, 11) is 4.76. The minimum Gasteiger partial charge on any atom is -0.497 e. The van der Waals surface area contributed by atoms with Crippen LogP contribution >= 0.6 is 11.8 Å². The lowest BCUT2D eigenvalue weighted by Gasteiger charge is -2.12. The zero-order valence-corrected chi connectivity index (χ0v) is 19.4. The van der Waals surface area contributed by atoms with Crippen LogP contribution in [0.5, 0.6) is 17.2 Å². The summed E-state index contributed by atoms with van der Waals surface area (Å²) in [5, 5.41) is 15.4. The number of nitrogens with zero attached hydrogens (tertiary/aromatic N) is 3. The molecule has 1 heterocycles. The maximum atomic E-state index is 12.5. The van der Waals surface area contributed by atoms with Crippen molar-refractivity contribution in [1.82, 2.24) is 14.8 Å².